The molecule has 1 saturated heterocycles. The first-order chi connectivity index (χ1) is 9.92. The Morgan fingerprint density at radius 2 is 2.05 bits per heavy atom. The van der Waals surface area contributed by atoms with Crippen LogP contribution in [0.25, 0.3) is 0 Å². The first-order valence-electron chi connectivity index (χ1n) is 7.65. The first kappa shape index (κ1) is 14.1. The molecule has 0 saturated carbocycles. The molecule has 2 aliphatic heterocycles. The second-order valence-corrected chi connectivity index (χ2v) is 6.68. The summed E-state index contributed by atoms with van der Waals surface area (Å²) in [6.07, 6.45) is 4.98. The number of hydrogen-bond acceptors (Lipinski definition) is 4. The average Bonchev–Trinajstić information content (AvgIpc) is 2.73. The summed E-state index contributed by atoms with van der Waals surface area (Å²) in [4.78, 5) is 1.29. The zero-order valence-corrected chi connectivity index (χ0v) is 12.7. The van der Waals surface area contributed by atoms with Gasteiger partial charge in [-0.15, -0.1) is 11.8 Å². The molecule has 0 amide bonds. The van der Waals surface area contributed by atoms with E-state index >= 15 is 0 Å². The largest absolute Gasteiger partial charge is 0.490 e. The van der Waals surface area contributed by atoms with Gasteiger partial charge in [0.25, 0.3) is 0 Å². The zero-order chi connectivity index (χ0) is 13.6. The van der Waals surface area contributed by atoms with Crippen molar-refractivity contribution in [3.05, 3.63) is 18.2 Å². The van der Waals surface area contributed by atoms with Gasteiger partial charge in [0.2, 0.25) is 0 Å². The fourth-order valence-corrected chi connectivity index (χ4v) is 3.79. The highest BCUT2D eigenvalue weighted by atomic mass is 32.2. The number of nitrogens with one attached hydrogen (secondary N) is 1. The molecule has 2 heterocycles. The minimum absolute atomic E-state index is 0.758. The molecular weight excluding hydrogens is 270 g/mol. The Bertz CT molecular complexity index is 432. The predicted octanol–water partition coefficient (Wildman–Crippen LogP) is 3.33. The van der Waals surface area contributed by atoms with Crippen LogP contribution in [-0.4, -0.2) is 32.1 Å². The van der Waals surface area contributed by atoms with Crippen LogP contribution in [-0.2, 0) is 0 Å². The molecule has 20 heavy (non-hydrogen) atoms. The van der Waals surface area contributed by atoms with E-state index in [1.807, 2.05) is 17.8 Å². The molecule has 1 fully saturated rings. The molecular formula is C16H23NO2S. The molecule has 1 unspecified atom stereocenters. The Kier molecular flexibility index (Phi) is 5.09. The lowest BCUT2D eigenvalue weighted by molar-refractivity contribution is 0.297. The Balaban J connectivity index is 1.51. The van der Waals surface area contributed by atoms with Gasteiger partial charge in [-0.3, -0.25) is 0 Å². The van der Waals surface area contributed by atoms with Gasteiger partial charge < -0.3 is 14.8 Å². The van der Waals surface area contributed by atoms with E-state index in [2.05, 4.69) is 17.4 Å². The number of ether oxygens (including phenoxy) is 2. The third-order valence-electron chi connectivity index (χ3n) is 3.91. The maximum atomic E-state index is 5.74. The summed E-state index contributed by atoms with van der Waals surface area (Å²) in [7, 11) is 0. The van der Waals surface area contributed by atoms with Gasteiger partial charge in [0.1, 0.15) is 0 Å². The number of benzene rings is 1. The minimum atomic E-state index is 0.758. The molecule has 3 nitrogen and oxygen atoms in total. The third kappa shape index (κ3) is 3.83. The molecule has 110 valence electrons. The van der Waals surface area contributed by atoms with Crippen LogP contribution in [0.4, 0.5) is 0 Å². The van der Waals surface area contributed by atoms with Crippen LogP contribution in [0.5, 0.6) is 11.5 Å². The second-order valence-electron chi connectivity index (χ2n) is 5.51. The SMILES string of the molecule is c1cc2c(cc1SCCC1CCCNC1)OCCCO2. The first-order valence-corrected chi connectivity index (χ1v) is 8.63. The van der Waals surface area contributed by atoms with E-state index in [4.69, 9.17) is 9.47 Å². The van der Waals surface area contributed by atoms with E-state index in [0.717, 1.165) is 37.1 Å². The smallest absolute Gasteiger partial charge is 0.162 e. The van der Waals surface area contributed by atoms with Gasteiger partial charge in [0, 0.05) is 11.3 Å². The van der Waals surface area contributed by atoms with E-state index in [0.29, 0.717) is 0 Å². The predicted molar refractivity (Wildman–Crippen MR) is 83.0 cm³/mol. The fourth-order valence-electron chi connectivity index (χ4n) is 2.75. The molecule has 1 aromatic carbocycles. The molecule has 1 aromatic rings. The molecule has 2 aliphatic rings. The monoisotopic (exact) mass is 293 g/mol. The Morgan fingerprint density at radius 3 is 2.90 bits per heavy atom. The van der Waals surface area contributed by atoms with E-state index in [-0.39, 0.29) is 0 Å². The van der Waals surface area contributed by atoms with Crippen molar-refractivity contribution in [1.29, 1.82) is 0 Å². The molecule has 4 heteroatoms. The van der Waals surface area contributed by atoms with Gasteiger partial charge in [0.15, 0.2) is 11.5 Å². The van der Waals surface area contributed by atoms with Crippen LogP contribution in [0.3, 0.4) is 0 Å². The molecule has 3 rings (SSSR count). The second kappa shape index (κ2) is 7.23. The number of hydrogen-bond donors (Lipinski definition) is 1. The molecule has 0 bridgehead atoms. The molecule has 0 aliphatic carbocycles. The van der Waals surface area contributed by atoms with Crippen LogP contribution < -0.4 is 14.8 Å². The van der Waals surface area contributed by atoms with Crippen LogP contribution in [0.15, 0.2) is 23.1 Å². The minimum Gasteiger partial charge on any atom is -0.490 e. The highest BCUT2D eigenvalue weighted by Crippen LogP contribution is 2.34. The highest BCUT2D eigenvalue weighted by Gasteiger charge is 2.14. The Labute approximate surface area is 125 Å². The van der Waals surface area contributed by atoms with Crippen molar-refractivity contribution < 1.29 is 9.47 Å². The number of rotatable bonds is 4. The van der Waals surface area contributed by atoms with Crippen molar-refractivity contribution in [3.8, 4) is 11.5 Å². The van der Waals surface area contributed by atoms with Crippen LogP contribution in [0.1, 0.15) is 25.7 Å². The Hall–Kier alpha value is -0.870. The summed E-state index contributed by atoms with van der Waals surface area (Å²) in [5, 5.41) is 3.49. The average molecular weight is 293 g/mol. The maximum absolute atomic E-state index is 5.74. The molecule has 0 radical (unpaired) electrons. The summed E-state index contributed by atoms with van der Waals surface area (Å²) in [5.41, 5.74) is 0. The molecule has 0 aromatic heterocycles. The molecule has 1 N–H and O–H groups in total. The summed E-state index contributed by atoms with van der Waals surface area (Å²) in [6.45, 7) is 3.91. The number of thioether (sulfide) groups is 1. The molecule has 0 spiro atoms. The van der Waals surface area contributed by atoms with Crippen molar-refractivity contribution >= 4 is 11.8 Å². The summed E-state index contributed by atoms with van der Waals surface area (Å²) in [6, 6.07) is 6.33. The quantitative estimate of drug-likeness (QED) is 0.863. The van der Waals surface area contributed by atoms with Gasteiger partial charge in [-0.05, 0) is 62.2 Å². The third-order valence-corrected chi connectivity index (χ3v) is 4.94. The van der Waals surface area contributed by atoms with Gasteiger partial charge in [-0.25, -0.2) is 0 Å². The Morgan fingerprint density at radius 1 is 1.15 bits per heavy atom. The van der Waals surface area contributed by atoms with Crippen molar-refractivity contribution in [3.63, 3.8) is 0 Å². The number of piperidine rings is 1. The van der Waals surface area contributed by atoms with E-state index < -0.39 is 0 Å². The van der Waals surface area contributed by atoms with Gasteiger partial charge in [-0.2, -0.15) is 0 Å². The van der Waals surface area contributed by atoms with Gasteiger partial charge >= 0.3 is 0 Å². The van der Waals surface area contributed by atoms with Crippen LogP contribution >= 0.6 is 11.8 Å². The standard InChI is InChI=1S/C16H23NO2S/c1-3-13(12-17-7-1)6-10-20-14-4-5-15-16(11-14)19-9-2-8-18-15/h4-5,11,13,17H,1-3,6-10,12H2. The van der Waals surface area contributed by atoms with Gasteiger partial charge in [-0.1, -0.05) is 0 Å². The van der Waals surface area contributed by atoms with E-state index in [1.165, 1.54) is 43.0 Å². The van der Waals surface area contributed by atoms with Gasteiger partial charge in [0.05, 0.1) is 13.2 Å². The van der Waals surface area contributed by atoms with Crippen molar-refractivity contribution in [2.75, 3.05) is 32.1 Å². The maximum Gasteiger partial charge on any atom is 0.162 e. The van der Waals surface area contributed by atoms with Crippen LogP contribution in [0, 0.1) is 5.92 Å². The highest BCUT2D eigenvalue weighted by molar-refractivity contribution is 7.99. The summed E-state index contributed by atoms with van der Waals surface area (Å²) in [5.74, 6) is 3.85. The summed E-state index contributed by atoms with van der Waals surface area (Å²) < 4.78 is 11.4. The number of fused-ring (bicyclic) bond motifs is 1. The lowest BCUT2D eigenvalue weighted by Crippen LogP contribution is -2.29. The van der Waals surface area contributed by atoms with Crippen molar-refractivity contribution in [2.24, 2.45) is 5.92 Å². The normalized spacial score (nSPS) is 22.3. The zero-order valence-electron chi connectivity index (χ0n) is 11.9. The van der Waals surface area contributed by atoms with Crippen molar-refractivity contribution in [1.82, 2.24) is 5.32 Å². The lowest BCUT2D eigenvalue weighted by atomic mass is 9.97. The van der Waals surface area contributed by atoms with Crippen molar-refractivity contribution in [2.45, 2.75) is 30.6 Å². The van der Waals surface area contributed by atoms with E-state index in [9.17, 15) is 0 Å². The van der Waals surface area contributed by atoms with Crippen LogP contribution in [0.2, 0.25) is 0 Å². The lowest BCUT2D eigenvalue weighted by Gasteiger charge is -2.22. The topological polar surface area (TPSA) is 30.5 Å². The molecule has 1 atom stereocenters. The summed E-state index contributed by atoms with van der Waals surface area (Å²) >= 11 is 1.93. The van der Waals surface area contributed by atoms with E-state index in [1.54, 1.807) is 0 Å². The fraction of sp³-hybridized carbons (Fsp3) is 0.625.